The van der Waals surface area contributed by atoms with Crippen molar-refractivity contribution in [3.63, 3.8) is 0 Å². The van der Waals surface area contributed by atoms with E-state index < -0.39 is 10.1 Å². The fourth-order valence-corrected chi connectivity index (χ4v) is 4.44. The van der Waals surface area contributed by atoms with Gasteiger partial charge in [-0.15, -0.1) is 5.10 Å². The molecule has 0 fully saturated rings. The molecule has 0 radical (unpaired) electrons. The Morgan fingerprint density at radius 3 is 2.61 bits per heavy atom. The lowest BCUT2D eigenvalue weighted by Crippen LogP contribution is -2.28. The number of imidazole rings is 1. The molecule has 198 valence electrons. The number of anilines is 1. The summed E-state index contributed by atoms with van der Waals surface area (Å²) in [5.74, 6) is 1.72. The first-order valence-corrected chi connectivity index (χ1v) is 13.3. The van der Waals surface area contributed by atoms with Crippen LogP contribution in [-0.4, -0.2) is 68.8 Å². The van der Waals surface area contributed by atoms with E-state index in [4.69, 9.17) is 19.3 Å². The van der Waals surface area contributed by atoms with Crippen molar-refractivity contribution in [1.29, 1.82) is 0 Å². The van der Waals surface area contributed by atoms with Crippen molar-refractivity contribution in [2.45, 2.75) is 27.7 Å². The molecule has 1 N–H and O–H groups in total. The Labute approximate surface area is 220 Å². The van der Waals surface area contributed by atoms with Gasteiger partial charge in [-0.25, -0.2) is 19.4 Å². The van der Waals surface area contributed by atoms with E-state index in [2.05, 4.69) is 15.9 Å². The van der Waals surface area contributed by atoms with Crippen LogP contribution in [0.5, 0.6) is 0 Å². The molecule has 3 heterocycles. The molecule has 0 saturated carbocycles. The zero-order valence-corrected chi connectivity index (χ0v) is 22.4. The number of aromatic nitrogens is 4. The molecule has 1 aromatic carbocycles. The lowest BCUT2D eigenvalue weighted by Gasteiger charge is -2.23. The Morgan fingerprint density at radius 1 is 1.24 bits per heavy atom. The van der Waals surface area contributed by atoms with Gasteiger partial charge in [0.05, 0.1) is 17.1 Å². The number of benzene rings is 1. The van der Waals surface area contributed by atoms with Gasteiger partial charge in [0.25, 0.3) is 16.0 Å². The number of rotatable bonds is 8. The van der Waals surface area contributed by atoms with E-state index in [0.717, 1.165) is 28.9 Å². The van der Waals surface area contributed by atoms with Crippen LogP contribution < -0.4 is 4.90 Å². The van der Waals surface area contributed by atoms with Crippen LogP contribution in [0.15, 0.2) is 46.4 Å². The standard InChI is InChI=1S/C25H27N7O5S/c1-6-31(10-13-38(34,35)36)19-8-9-20(16(2)14-19)26-23-24-27-22(21-15-17(3)30(5)28-21)18(4)32(24)29-25(23)37-12-7-11-33/h8-9,12,14-15H,6,10,13H2,1-5H3,(H,34,35,36). The second kappa shape index (κ2) is 10.6. The van der Waals surface area contributed by atoms with Crippen molar-refractivity contribution in [1.82, 2.24) is 19.4 Å². The molecule has 12 nitrogen and oxygen atoms in total. The molecule has 0 bridgehead atoms. The van der Waals surface area contributed by atoms with Crippen LogP contribution in [0.4, 0.5) is 11.4 Å². The van der Waals surface area contributed by atoms with E-state index in [-0.39, 0.29) is 18.2 Å². The number of ether oxygens (including phenoxy) is 1. The Bertz CT molecular complexity index is 1630. The van der Waals surface area contributed by atoms with E-state index in [1.807, 2.05) is 57.8 Å². The highest BCUT2D eigenvalue weighted by Gasteiger charge is 2.31. The predicted molar refractivity (Wildman–Crippen MR) is 143 cm³/mol. The van der Waals surface area contributed by atoms with Gasteiger partial charge < -0.3 is 9.64 Å². The van der Waals surface area contributed by atoms with Gasteiger partial charge in [-0.1, -0.05) is 0 Å². The number of nitrogens with zero attached hydrogens (tertiary/aromatic N) is 7. The Morgan fingerprint density at radius 2 is 2.00 bits per heavy atom. The smallest absolute Gasteiger partial charge is 0.267 e. The van der Waals surface area contributed by atoms with Gasteiger partial charge in [0.1, 0.15) is 17.6 Å². The summed E-state index contributed by atoms with van der Waals surface area (Å²) in [6.45, 7) is 8.30. The van der Waals surface area contributed by atoms with Gasteiger partial charge in [0.15, 0.2) is 17.5 Å². The van der Waals surface area contributed by atoms with Gasteiger partial charge in [0.2, 0.25) is 0 Å². The highest BCUT2D eigenvalue weighted by molar-refractivity contribution is 7.85. The lowest BCUT2D eigenvalue weighted by atomic mass is 10.1. The molecule has 0 amide bonds. The number of hydrogen-bond donors (Lipinski definition) is 1. The number of aliphatic imine (C=N–C) groups is 1. The van der Waals surface area contributed by atoms with Crippen LogP contribution in [0, 0.1) is 20.8 Å². The molecule has 4 rings (SSSR count). The molecule has 13 heteroatoms. The molecule has 2 aromatic heterocycles. The first-order valence-electron chi connectivity index (χ1n) is 11.7. The average Bonchev–Trinajstić information content (AvgIpc) is 3.48. The van der Waals surface area contributed by atoms with Crippen molar-refractivity contribution in [3.8, 4) is 11.4 Å². The third-order valence-electron chi connectivity index (χ3n) is 6.11. The van der Waals surface area contributed by atoms with Crippen LogP contribution >= 0.6 is 0 Å². The summed E-state index contributed by atoms with van der Waals surface area (Å²) < 4.78 is 40.4. The van der Waals surface area contributed by atoms with Crippen LogP contribution in [-0.2, 0) is 26.7 Å². The summed E-state index contributed by atoms with van der Waals surface area (Å²) in [5, 5.41) is 9.03. The van der Waals surface area contributed by atoms with E-state index in [9.17, 15) is 13.2 Å². The Kier molecular flexibility index (Phi) is 7.47. The maximum atomic E-state index is 11.2. The minimum Gasteiger partial charge on any atom is -0.435 e. The third kappa shape index (κ3) is 5.51. The topological polar surface area (TPSA) is 144 Å². The van der Waals surface area contributed by atoms with Gasteiger partial charge in [-0.2, -0.15) is 13.5 Å². The Hall–Kier alpha value is -4.28. The summed E-state index contributed by atoms with van der Waals surface area (Å²) in [5.41, 5.74) is 7.85. The van der Waals surface area contributed by atoms with Crippen LogP contribution in [0.3, 0.4) is 0 Å². The third-order valence-corrected chi connectivity index (χ3v) is 6.81. The van der Waals surface area contributed by atoms with Gasteiger partial charge >= 0.3 is 0 Å². The van der Waals surface area contributed by atoms with Gasteiger partial charge in [-0.05, 0) is 57.5 Å². The second-order valence-corrected chi connectivity index (χ2v) is 10.2. The van der Waals surface area contributed by atoms with Gasteiger partial charge in [-0.3, -0.25) is 9.23 Å². The summed E-state index contributed by atoms with van der Waals surface area (Å²) in [7, 11) is -2.22. The molecule has 1 aliphatic heterocycles. The van der Waals surface area contributed by atoms with Gasteiger partial charge in [0, 0.05) is 37.2 Å². The molecule has 0 unspecified atom stereocenters. The van der Waals surface area contributed by atoms with Crippen molar-refractivity contribution < 1.29 is 22.5 Å². The fraction of sp³-hybridized carbons (Fsp3) is 0.320. The number of fused-ring (bicyclic) bond motifs is 1. The van der Waals surface area contributed by atoms with Crippen molar-refractivity contribution in [3.05, 3.63) is 59.0 Å². The van der Waals surface area contributed by atoms with E-state index in [1.54, 1.807) is 15.4 Å². The monoisotopic (exact) mass is 537 g/mol. The molecule has 0 spiro atoms. The number of hydrogen-bond acceptors (Lipinski definition) is 9. The summed E-state index contributed by atoms with van der Waals surface area (Å²) >= 11 is 0. The minimum atomic E-state index is -4.08. The van der Waals surface area contributed by atoms with E-state index in [0.29, 0.717) is 35.2 Å². The SMILES string of the molecule is CCN(CCS(=O)(=O)O)c1ccc(N=C2C(OC=C=C=O)=Nn3c2nc(-c2cc(C)n(C)n2)c3C)c(C)c1. The first kappa shape index (κ1) is 26.8. The molecule has 0 saturated heterocycles. The van der Waals surface area contributed by atoms with Crippen molar-refractivity contribution in [2.24, 2.45) is 17.1 Å². The zero-order chi connectivity index (χ0) is 27.6. The average molecular weight is 538 g/mol. The Balaban J connectivity index is 1.75. The normalized spacial score (nSPS) is 13.6. The molecule has 3 aromatic rings. The van der Waals surface area contributed by atoms with E-state index >= 15 is 0 Å². The lowest BCUT2D eigenvalue weighted by molar-refractivity contribution is 0.478. The van der Waals surface area contributed by atoms with E-state index in [1.165, 1.54) is 5.94 Å². The molecular formula is C25H27N7O5S. The molecule has 1 aliphatic rings. The van der Waals surface area contributed by atoms with Crippen LogP contribution in [0.25, 0.3) is 11.4 Å². The number of aryl methyl sites for hydroxylation is 3. The summed E-state index contributed by atoms with van der Waals surface area (Å²) in [4.78, 5) is 22.0. The molecule has 0 atom stereocenters. The van der Waals surface area contributed by atoms with Crippen molar-refractivity contribution >= 4 is 39.0 Å². The zero-order valence-electron chi connectivity index (χ0n) is 21.6. The highest BCUT2D eigenvalue weighted by Crippen LogP contribution is 2.30. The number of carbonyl (C=O) groups excluding carboxylic acids is 1. The quantitative estimate of drug-likeness (QED) is 0.200. The van der Waals surface area contributed by atoms with Crippen LogP contribution in [0.2, 0.25) is 0 Å². The fourth-order valence-electron chi connectivity index (χ4n) is 3.99. The molecule has 0 aliphatic carbocycles. The highest BCUT2D eigenvalue weighted by atomic mass is 32.2. The largest absolute Gasteiger partial charge is 0.435 e. The van der Waals surface area contributed by atoms with Crippen molar-refractivity contribution in [2.75, 3.05) is 23.7 Å². The predicted octanol–water partition coefficient (Wildman–Crippen LogP) is 2.74. The molecular weight excluding hydrogens is 510 g/mol. The summed E-state index contributed by atoms with van der Waals surface area (Å²) in [6.07, 6.45) is 1.05. The maximum absolute atomic E-state index is 11.2. The second-order valence-electron chi connectivity index (χ2n) is 8.66. The van der Waals surface area contributed by atoms with Crippen LogP contribution in [0.1, 0.15) is 29.7 Å². The molecule has 38 heavy (non-hydrogen) atoms. The minimum absolute atomic E-state index is 0.133. The summed E-state index contributed by atoms with van der Waals surface area (Å²) in [6, 6.07) is 7.44. The first-order chi connectivity index (χ1) is 18.0. The maximum Gasteiger partial charge on any atom is 0.267 e.